The number of benzene rings is 2. The Labute approximate surface area is 171 Å². The number of nitrogens with one attached hydrogen (secondary N) is 1. The van der Waals surface area contributed by atoms with Gasteiger partial charge in [-0.15, -0.1) is 0 Å². The van der Waals surface area contributed by atoms with Crippen molar-refractivity contribution in [3.05, 3.63) is 70.1 Å². The third kappa shape index (κ3) is 4.99. The normalized spacial score (nSPS) is 11.4. The van der Waals surface area contributed by atoms with Gasteiger partial charge in [-0.3, -0.25) is 4.79 Å². The molecule has 1 aromatic heterocycles. The van der Waals surface area contributed by atoms with Gasteiger partial charge in [0.15, 0.2) is 12.3 Å². The summed E-state index contributed by atoms with van der Waals surface area (Å²) in [6, 6.07) is 10.3. The molecule has 0 unspecified atom stereocenters. The van der Waals surface area contributed by atoms with Gasteiger partial charge < -0.3 is 10.1 Å². The number of hydrogen-bond acceptors (Lipinski definition) is 3. The summed E-state index contributed by atoms with van der Waals surface area (Å²) < 4.78 is 58.5. The van der Waals surface area contributed by atoms with Crippen molar-refractivity contribution in [3.63, 3.8) is 0 Å². The molecule has 0 spiro atoms. The van der Waals surface area contributed by atoms with Crippen molar-refractivity contribution in [3.8, 4) is 11.6 Å². The van der Waals surface area contributed by atoms with Crippen LogP contribution in [0.1, 0.15) is 5.69 Å². The van der Waals surface area contributed by atoms with Crippen LogP contribution in [0, 0.1) is 5.82 Å². The van der Waals surface area contributed by atoms with Crippen molar-refractivity contribution in [2.45, 2.75) is 6.18 Å². The van der Waals surface area contributed by atoms with Crippen LogP contribution in [0.25, 0.3) is 5.69 Å². The minimum atomic E-state index is -4.72. The van der Waals surface area contributed by atoms with E-state index in [1.54, 1.807) is 12.1 Å². The molecule has 3 aromatic rings. The lowest BCUT2D eigenvalue weighted by atomic mass is 10.3. The van der Waals surface area contributed by atoms with E-state index in [9.17, 15) is 22.4 Å². The average molecular weight is 448 g/mol. The number of para-hydroxylation sites is 1. The first kappa shape index (κ1) is 20.9. The van der Waals surface area contributed by atoms with Crippen LogP contribution in [0.15, 0.2) is 48.5 Å². The van der Waals surface area contributed by atoms with Gasteiger partial charge in [0.25, 0.3) is 5.91 Å². The molecule has 0 saturated carbocycles. The second kappa shape index (κ2) is 8.30. The van der Waals surface area contributed by atoms with Gasteiger partial charge in [0, 0.05) is 11.8 Å². The first-order valence-electron chi connectivity index (χ1n) is 7.95. The molecule has 0 saturated heterocycles. The average Bonchev–Trinajstić information content (AvgIpc) is 3.08. The molecule has 0 radical (unpaired) electrons. The number of amides is 1. The number of alkyl halides is 3. The van der Waals surface area contributed by atoms with Crippen molar-refractivity contribution in [1.82, 2.24) is 9.78 Å². The van der Waals surface area contributed by atoms with Gasteiger partial charge in [0.2, 0.25) is 5.88 Å². The summed E-state index contributed by atoms with van der Waals surface area (Å²) in [6.45, 7) is -0.636. The Hall–Kier alpha value is -2.78. The zero-order chi connectivity index (χ0) is 21.2. The molecule has 1 amide bonds. The van der Waals surface area contributed by atoms with Gasteiger partial charge in [-0.25, -0.2) is 4.39 Å². The number of anilines is 1. The maximum atomic E-state index is 13.2. The summed E-state index contributed by atoms with van der Waals surface area (Å²) in [5, 5.41) is 5.82. The van der Waals surface area contributed by atoms with E-state index in [2.05, 4.69) is 10.4 Å². The predicted molar refractivity (Wildman–Crippen MR) is 99.1 cm³/mol. The highest BCUT2D eigenvalue weighted by molar-refractivity contribution is 6.32. The third-order valence-electron chi connectivity index (χ3n) is 3.60. The molecule has 0 aliphatic rings. The lowest BCUT2D eigenvalue weighted by Crippen LogP contribution is -2.21. The number of hydrogen-bond donors (Lipinski definition) is 1. The summed E-state index contributed by atoms with van der Waals surface area (Å²) in [6.07, 6.45) is -4.72. The van der Waals surface area contributed by atoms with E-state index < -0.39 is 30.2 Å². The highest BCUT2D eigenvalue weighted by atomic mass is 35.5. The molecule has 5 nitrogen and oxygen atoms in total. The molecule has 0 fully saturated rings. The zero-order valence-corrected chi connectivity index (χ0v) is 15.8. The van der Waals surface area contributed by atoms with E-state index in [0.29, 0.717) is 6.07 Å². The molecule has 0 aliphatic heterocycles. The van der Waals surface area contributed by atoms with Gasteiger partial charge in [0.1, 0.15) is 5.82 Å². The first-order chi connectivity index (χ1) is 13.6. The number of halogens is 6. The Balaban J connectivity index is 1.80. The third-order valence-corrected chi connectivity index (χ3v) is 4.21. The van der Waals surface area contributed by atoms with E-state index in [0.717, 1.165) is 10.7 Å². The van der Waals surface area contributed by atoms with Crippen LogP contribution < -0.4 is 10.1 Å². The first-order valence-corrected chi connectivity index (χ1v) is 8.70. The van der Waals surface area contributed by atoms with Crippen molar-refractivity contribution in [2.75, 3.05) is 11.9 Å². The Bertz CT molecular complexity index is 1050. The molecule has 152 valence electrons. The van der Waals surface area contributed by atoms with Crippen LogP contribution in [-0.2, 0) is 11.0 Å². The van der Waals surface area contributed by atoms with Gasteiger partial charge in [-0.05, 0) is 30.3 Å². The lowest BCUT2D eigenvalue weighted by molar-refractivity contribution is -0.141. The van der Waals surface area contributed by atoms with Crippen LogP contribution in [-0.4, -0.2) is 22.3 Å². The smallest absolute Gasteiger partial charge is 0.435 e. The number of aromatic nitrogens is 2. The molecule has 0 bridgehead atoms. The van der Waals surface area contributed by atoms with Gasteiger partial charge in [0.05, 0.1) is 15.7 Å². The lowest BCUT2D eigenvalue weighted by Gasteiger charge is -2.11. The Kier molecular flexibility index (Phi) is 5.99. The summed E-state index contributed by atoms with van der Waals surface area (Å²) in [4.78, 5) is 12.0. The fourth-order valence-corrected chi connectivity index (χ4v) is 2.71. The standard InChI is InChI=1S/C18H11Cl2F4N3O2/c19-11-3-1-2-4-14(11)27-17(8-15(26-27)18(22,23)24)29-9-16(28)25-10-5-6-13(21)12(20)7-10/h1-8H,9H2,(H,25,28). The fourth-order valence-electron chi connectivity index (χ4n) is 2.31. The van der Waals surface area contributed by atoms with Crippen molar-refractivity contribution in [1.29, 1.82) is 0 Å². The largest absolute Gasteiger partial charge is 0.467 e. The van der Waals surface area contributed by atoms with Gasteiger partial charge >= 0.3 is 6.18 Å². The predicted octanol–water partition coefficient (Wildman–Crippen LogP) is 5.35. The van der Waals surface area contributed by atoms with Crippen LogP contribution in [0.2, 0.25) is 10.0 Å². The minimum absolute atomic E-state index is 0.139. The van der Waals surface area contributed by atoms with E-state index in [-0.39, 0.29) is 27.3 Å². The van der Waals surface area contributed by atoms with E-state index in [4.69, 9.17) is 27.9 Å². The van der Waals surface area contributed by atoms with Crippen molar-refractivity contribution < 1.29 is 27.1 Å². The molecule has 3 rings (SSSR count). The minimum Gasteiger partial charge on any atom is -0.467 e. The fraction of sp³-hybridized carbons (Fsp3) is 0.111. The molecular formula is C18H11Cl2F4N3O2. The SMILES string of the molecule is O=C(COc1cc(C(F)(F)F)nn1-c1ccccc1Cl)Nc1ccc(F)c(Cl)c1. The highest BCUT2D eigenvalue weighted by Crippen LogP contribution is 2.33. The van der Waals surface area contributed by atoms with Crippen LogP contribution >= 0.6 is 23.2 Å². The molecular weight excluding hydrogens is 437 g/mol. The number of rotatable bonds is 5. The van der Waals surface area contributed by atoms with E-state index in [1.165, 1.54) is 24.3 Å². The Morgan fingerprint density at radius 3 is 2.48 bits per heavy atom. The van der Waals surface area contributed by atoms with Crippen molar-refractivity contribution >= 4 is 34.8 Å². The van der Waals surface area contributed by atoms with Gasteiger partial charge in [-0.1, -0.05) is 35.3 Å². The molecule has 0 aliphatic carbocycles. The van der Waals surface area contributed by atoms with Gasteiger partial charge in [-0.2, -0.15) is 23.0 Å². The van der Waals surface area contributed by atoms with Crippen LogP contribution in [0.5, 0.6) is 5.88 Å². The summed E-state index contributed by atoms with van der Waals surface area (Å²) >= 11 is 11.7. The summed E-state index contributed by atoms with van der Waals surface area (Å²) in [5.74, 6) is -1.70. The van der Waals surface area contributed by atoms with E-state index >= 15 is 0 Å². The van der Waals surface area contributed by atoms with E-state index in [1.807, 2.05) is 0 Å². The molecule has 2 aromatic carbocycles. The number of ether oxygens (including phenoxy) is 1. The second-order valence-electron chi connectivity index (χ2n) is 5.69. The molecule has 1 N–H and O–H groups in total. The second-order valence-corrected chi connectivity index (χ2v) is 6.51. The number of carbonyl (C=O) groups is 1. The monoisotopic (exact) mass is 447 g/mol. The maximum absolute atomic E-state index is 13.2. The molecule has 29 heavy (non-hydrogen) atoms. The summed E-state index contributed by atoms with van der Waals surface area (Å²) in [5.41, 5.74) is -0.871. The topological polar surface area (TPSA) is 56.1 Å². The molecule has 1 heterocycles. The van der Waals surface area contributed by atoms with Crippen LogP contribution in [0.4, 0.5) is 23.2 Å². The van der Waals surface area contributed by atoms with Crippen LogP contribution in [0.3, 0.4) is 0 Å². The number of nitrogens with zero attached hydrogens (tertiary/aromatic N) is 2. The zero-order valence-electron chi connectivity index (χ0n) is 14.3. The Morgan fingerprint density at radius 1 is 1.10 bits per heavy atom. The van der Waals surface area contributed by atoms with Crippen molar-refractivity contribution in [2.24, 2.45) is 0 Å². The summed E-state index contributed by atoms with van der Waals surface area (Å²) in [7, 11) is 0. The quantitative estimate of drug-likeness (QED) is 0.536. The molecule has 11 heteroatoms. The number of carbonyl (C=O) groups excluding carboxylic acids is 1. The maximum Gasteiger partial charge on any atom is 0.435 e. The highest BCUT2D eigenvalue weighted by Gasteiger charge is 2.36. The molecule has 0 atom stereocenters. The Morgan fingerprint density at radius 2 is 1.83 bits per heavy atom.